The van der Waals surface area contributed by atoms with Gasteiger partial charge in [0, 0.05) is 0 Å². The molecule has 1 atom stereocenters. The number of hydrogen-bond acceptors (Lipinski definition) is 3. The van der Waals surface area contributed by atoms with Gasteiger partial charge in [-0.2, -0.15) is 18.4 Å². The number of aliphatic hydroxyl groups is 1. The SMILES string of the molecule is CO/C=C(/C#N)C(O)c1ccc(C(F)(F)F)cc1. The summed E-state index contributed by atoms with van der Waals surface area (Å²) in [4.78, 5) is 0. The summed E-state index contributed by atoms with van der Waals surface area (Å²) in [7, 11) is 1.30. The summed E-state index contributed by atoms with van der Waals surface area (Å²) >= 11 is 0. The van der Waals surface area contributed by atoms with E-state index in [2.05, 4.69) is 4.74 Å². The van der Waals surface area contributed by atoms with Gasteiger partial charge in [0.1, 0.15) is 12.2 Å². The fourth-order valence-electron chi connectivity index (χ4n) is 1.31. The van der Waals surface area contributed by atoms with E-state index < -0.39 is 17.8 Å². The van der Waals surface area contributed by atoms with Crippen LogP contribution in [0.4, 0.5) is 13.2 Å². The number of alkyl halides is 3. The first-order chi connectivity index (χ1) is 8.40. The number of hydrogen-bond donors (Lipinski definition) is 1. The average molecular weight is 257 g/mol. The molecular weight excluding hydrogens is 247 g/mol. The molecule has 0 bridgehead atoms. The van der Waals surface area contributed by atoms with Crippen molar-refractivity contribution in [3.63, 3.8) is 0 Å². The second kappa shape index (κ2) is 5.56. The minimum atomic E-state index is -4.43. The van der Waals surface area contributed by atoms with Crippen molar-refractivity contribution in [2.45, 2.75) is 12.3 Å². The molecule has 0 amide bonds. The van der Waals surface area contributed by atoms with Crippen LogP contribution in [0.1, 0.15) is 17.2 Å². The maximum Gasteiger partial charge on any atom is 0.416 e. The minimum Gasteiger partial charge on any atom is -0.503 e. The quantitative estimate of drug-likeness (QED) is 0.669. The third-order valence-corrected chi connectivity index (χ3v) is 2.22. The van der Waals surface area contributed by atoms with Gasteiger partial charge in [-0.05, 0) is 17.7 Å². The minimum absolute atomic E-state index is 0.0859. The van der Waals surface area contributed by atoms with Gasteiger partial charge in [0.25, 0.3) is 0 Å². The molecule has 0 spiro atoms. The highest BCUT2D eigenvalue weighted by molar-refractivity contribution is 5.35. The van der Waals surface area contributed by atoms with E-state index >= 15 is 0 Å². The van der Waals surface area contributed by atoms with Crippen molar-refractivity contribution < 1.29 is 23.0 Å². The van der Waals surface area contributed by atoms with Crippen molar-refractivity contribution in [3.8, 4) is 6.07 Å². The Morgan fingerprint density at radius 2 is 1.94 bits per heavy atom. The molecular formula is C12H10F3NO2. The van der Waals surface area contributed by atoms with Gasteiger partial charge in [0.05, 0.1) is 24.5 Å². The van der Waals surface area contributed by atoms with E-state index in [1.54, 1.807) is 6.07 Å². The normalized spacial score (nSPS) is 13.9. The average Bonchev–Trinajstić information content (AvgIpc) is 2.34. The molecule has 18 heavy (non-hydrogen) atoms. The first-order valence-corrected chi connectivity index (χ1v) is 4.88. The Morgan fingerprint density at radius 3 is 2.33 bits per heavy atom. The highest BCUT2D eigenvalue weighted by Gasteiger charge is 2.30. The van der Waals surface area contributed by atoms with Gasteiger partial charge in [0.15, 0.2) is 0 Å². The van der Waals surface area contributed by atoms with Crippen LogP contribution in [0.2, 0.25) is 0 Å². The van der Waals surface area contributed by atoms with Crippen LogP contribution in [-0.4, -0.2) is 12.2 Å². The molecule has 6 heteroatoms. The number of benzene rings is 1. The second-order valence-corrected chi connectivity index (χ2v) is 3.44. The number of rotatable bonds is 3. The molecule has 3 nitrogen and oxygen atoms in total. The molecule has 1 N–H and O–H groups in total. The standard InChI is InChI=1S/C12H10F3NO2/c1-18-7-9(6-16)11(17)8-2-4-10(5-3-8)12(13,14)15/h2-5,7,11,17H,1H3/b9-7-. The summed E-state index contributed by atoms with van der Waals surface area (Å²) in [5, 5.41) is 18.5. The number of methoxy groups -OCH3 is 1. The fourth-order valence-corrected chi connectivity index (χ4v) is 1.31. The Kier molecular flexibility index (Phi) is 4.34. The van der Waals surface area contributed by atoms with E-state index in [9.17, 15) is 18.3 Å². The van der Waals surface area contributed by atoms with Gasteiger partial charge in [-0.25, -0.2) is 0 Å². The lowest BCUT2D eigenvalue weighted by Gasteiger charge is -2.11. The van der Waals surface area contributed by atoms with Crippen LogP contribution < -0.4 is 0 Å². The summed E-state index contributed by atoms with van der Waals surface area (Å²) in [6.07, 6.45) is -4.69. The highest BCUT2D eigenvalue weighted by atomic mass is 19.4. The number of ether oxygens (including phenoxy) is 1. The Labute approximate surface area is 102 Å². The summed E-state index contributed by atoms with van der Waals surface area (Å²) < 4.78 is 41.6. The number of aliphatic hydroxyl groups excluding tert-OH is 1. The molecule has 1 aromatic carbocycles. The second-order valence-electron chi connectivity index (χ2n) is 3.44. The molecule has 0 aliphatic heterocycles. The van der Waals surface area contributed by atoms with E-state index in [0.29, 0.717) is 0 Å². The zero-order chi connectivity index (χ0) is 13.8. The van der Waals surface area contributed by atoms with Crippen molar-refractivity contribution in [1.82, 2.24) is 0 Å². The van der Waals surface area contributed by atoms with Crippen LogP contribution in [-0.2, 0) is 10.9 Å². The topological polar surface area (TPSA) is 53.2 Å². The van der Waals surface area contributed by atoms with Crippen LogP contribution in [0, 0.1) is 11.3 Å². The lowest BCUT2D eigenvalue weighted by atomic mass is 10.0. The molecule has 0 aliphatic rings. The van der Waals surface area contributed by atoms with E-state index in [0.717, 1.165) is 30.5 Å². The largest absolute Gasteiger partial charge is 0.503 e. The van der Waals surface area contributed by atoms with Gasteiger partial charge in [0.2, 0.25) is 0 Å². The van der Waals surface area contributed by atoms with E-state index in [1.165, 1.54) is 7.11 Å². The monoisotopic (exact) mass is 257 g/mol. The first kappa shape index (κ1) is 14.1. The molecule has 1 rings (SSSR count). The van der Waals surface area contributed by atoms with Crippen LogP contribution in [0.3, 0.4) is 0 Å². The van der Waals surface area contributed by atoms with Gasteiger partial charge >= 0.3 is 6.18 Å². The van der Waals surface area contributed by atoms with Gasteiger partial charge in [-0.15, -0.1) is 0 Å². The van der Waals surface area contributed by atoms with Crippen molar-refractivity contribution in [1.29, 1.82) is 5.26 Å². The number of nitriles is 1. The molecule has 0 fully saturated rings. The highest BCUT2D eigenvalue weighted by Crippen LogP contribution is 2.30. The lowest BCUT2D eigenvalue weighted by molar-refractivity contribution is -0.137. The van der Waals surface area contributed by atoms with Gasteiger partial charge in [-0.1, -0.05) is 12.1 Å². The Bertz CT molecular complexity index is 472. The molecule has 0 radical (unpaired) electrons. The van der Waals surface area contributed by atoms with E-state index in [-0.39, 0.29) is 11.1 Å². The molecule has 1 unspecified atom stereocenters. The maximum atomic E-state index is 12.3. The number of halogens is 3. The first-order valence-electron chi connectivity index (χ1n) is 4.88. The molecule has 0 aliphatic carbocycles. The molecule has 96 valence electrons. The Morgan fingerprint density at radius 1 is 1.39 bits per heavy atom. The fraction of sp³-hybridized carbons (Fsp3) is 0.250. The summed E-state index contributed by atoms with van der Waals surface area (Å²) in [6, 6.07) is 5.64. The van der Waals surface area contributed by atoms with E-state index in [4.69, 9.17) is 5.26 Å². The lowest BCUT2D eigenvalue weighted by Crippen LogP contribution is -2.06. The molecule has 1 aromatic rings. The zero-order valence-electron chi connectivity index (χ0n) is 9.40. The van der Waals surface area contributed by atoms with E-state index in [1.807, 2.05) is 0 Å². The van der Waals surface area contributed by atoms with Crippen LogP contribution in [0.15, 0.2) is 36.1 Å². The molecule has 0 aromatic heterocycles. The molecule has 0 saturated carbocycles. The van der Waals surface area contributed by atoms with Crippen LogP contribution in [0.5, 0.6) is 0 Å². The molecule has 0 heterocycles. The van der Waals surface area contributed by atoms with Crippen molar-refractivity contribution in [2.75, 3.05) is 7.11 Å². The van der Waals surface area contributed by atoms with Crippen molar-refractivity contribution in [2.24, 2.45) is 0 Å². The Balaban J connectivity index is 2.99. The zero-order valence-corrected chi connectivity index (χ0v) is 9.40. The Hall–Kier alpha value is -2.00. The third kappa shape index (κ3) is 3.25. The maximum absolute atomic E-state index is 12.3. The summed E-state index contributed by atoms with van der Waals surface area (Å²) in [5.74, 6) is 0. The predicted molar refractivity (Wildman–Crippen MR) is 57.1 cm³/mol. The summed E-state index contributed by atoms with van der Waals surface area (Å²) in [5.41, 5.74) is -0.710. The van der Waals surface area contributed by atoms with Crippen molar-refractivity contribution in [3.05, 3.63) is 47.2 Å². The van der Waals surface area contributed by atoms with Crippen LogP contribution >= 0.6 is 0 Å². The van der Waals surface area contributed by atoms with Gasteiger partial charge < -0.3 is 9.84 Å². The molecule has 0 saturated heterocycles. The van der Waals surface area contributed by atoms with Gasteiger partial charge in [-0.3, -0.25) is 0 Å². The third-order valence-electron chi connectivity index (χ3n) is 2.22. The number of nitrogens with zero attached hydrogens (tertiary/aromatic N) is 1. The van der Waals surface area contributed by atoms with Crippen molar-refractivity contribution >= 4 is 0 Å². The predicted octanol–water partition coefficient (Wildman–Crippen LogP) is 2.79. The van der Waals surface area contributed by atoms with Crippen LogP contribution in [0.25, 0.3) is 0 Å². The summed E-state index contributed by atoms with van der Waals surface area (Å²) in [6.45, 7) is 0. The smallest absolute Gasteiger partial charge is 0.416 e.